The molecule has 0 fully saturated rings. The number of aromatic nitrogens is 3. The van der Waals surface area contributed by atoms with E-state index < -0.39 is 0 Å². The minimum atomic E-state index is 0.224. The van der Waals surface area contributed by atoms with Crippen LogP contribution in [0.2, 0.25) is 5.02 Å². The van der Waals surface area contributed by atoms with E-state index in [0.717, 1.165) is 0 Å². The molecular weight excluding hydrogens is 330 g/mol. The highest BCUT2D eigenvalue weighted by Gasteiger charge is 2.13. The van der Waals surface area contributed by atoms with Crippen LogP contribution in [0.5, 0.6) is 17.4 Å². The second-order valence-corrected chi connectivity index (χ2v) is 5.14. The summed E-state index contributed by atoms with van der Waals surface area (Å²) in [7, 11) is 1.56. The Morgan fingerprint density at radius 1 is 1.21 bits per heavy atom. The van der Waals surface area contributed by atoms with Crippen LogP contribution in [0.4, 0.5) is 17.2 Å². The summed E-state index contributed by atoms with van der Waals surface area (Å²) < 4.78 is 10.9. The summed E-state index contributed by atoms with van der Waals surface area (Å²) in [6, 6.07) is 8.69. The molecule has 122 valence electrons. The molecule has 0 saturated heterocycles. The Morgan fingerprint density at radius 3 is 2.83 bits per heavy atom. The Bertz CT molecular complexity index is 845. The predicted molar refractivity (Wildman–Crippen MR) is 92.0 cm³/mol. The number of methoxy groups -OCH3 is 1. The topological polar surface area (TPSA) is 95.2 Å². The number of nitrogen functional groups attached to an aromatic ring is 1. The SMILES string of the molecule is COc1ccc(Cl)cc1Nc1ncnc(Oc2cccnc2)c1N. The van der Waals surface area contributed by atoms with Gasteiger partial charge in [0.05, 0.1) is 19.0 Å². The summed E-state index contributed by atoms with van der Waals surface area (Å²) in [5.41, 5.74) is 6.98. The van der Waals surface area contributed by atoms with E-state index in [1.54, 1.807) is 49.8 Å². The molecule has 0 aliphatic carbocycles. The van der Waals surface area contributed by atoms with Crippen molar-refractivity contribution in [3.8, 4) is 17.4 Å². The molecule has 0 unspecified atom stereocenters. The summed E-state index contributed by atoms with van der Waals surface area (Å²) in [6.45, 7) is 0. The minimum Gasteiger partial charge on any atom is -0.495 e. The van der Waals surface area contributed by atoms with Gasteiger partial charge in [0, 0.05) is 11.2 Å². The average Bonchev–Trinajstić information content (AvgIpc) is 2.60. The molecule has 3 rings (SSSR count). The van der Waals surface area contributed by atoms with Crippen LogP contribution in [0.25, 0.3) is 0 Å². The molecule has 2 aromatic heterocycles. The number of halogens is 1. The van der Waals surface area contributed by atoms with E-state index in [1.165, 1.54) is 6.33 Å². The molecular formula is C16H14ClN5O2. The number of hydrogen-bond acceptors (Lipinski definition) is 7. The zero-order valence-electron chi connectivity index (χ0n) is 12.7. The largest absolute Gasteiger partial charge is 0.495 e. The van der Waals surface area contributed by atoms with Gasteiger partial charge in [0.1, 0.15) is 23.5 Å². The van der Waals surface area contributed by atoms with Crippen molar-refractivity contribution in [1.29, 1.82) is 0 Å². The normalized spacial score (nSPS) is 10.2. The molecule has 0 aliphatic rings. The second kappa shape index (κ2) is 7.01. The molecule has 0 bridgehead atoms. The lowest BCUT2D eigenvalue weighted by Crippen LogP contribution is -2.04. The minimum absolute atomic E-state index is 0.224. The first-order valence-electron chi connectivity index (χ1n) is 6.96. The maximum absolute atomic E-state index is 6.10. The van der Waals surface area contributed by atoms with Crippen LogP contribution in [0.15, 0.2) is 49.1 Å². The van der Waals surface area contributed by atoms with E-state index in [9.17, 15) is 0 Å². The van der Waals surface area contributed by atoms with E-state index in [1.807, 2.05) is 0 Å². The van der Waals surface area contributed by atoms with Gasteiger partial charge >= 0.3 is 0 Å². The van der Waals surface area contributed by atoms with Gasteiger partial charge in [-0.15, -0.1) is 0 Å². The molecule has 0 radical (unpaired) electrons. The average molecular weight is 344 g/mol. The highest BCUT2D eigenvalue weighted by molar-refractivity contribution is 6.31. The summed E-state index contributed by atoms with van der Waals surface area (Å²) in [6.07, 6.45) is 4.56. The number of ether oxygens (including phenoxy) is 2. The van der Waals surface area contributed by atoms with E-state index in [-0.39, 0.29) is 11.6 Å². The van der Waals surface area contributed by atoms with E-state index in [4.69, 9.17) is 26.8 Å². The molecule has 0 saturated carbocycles. The fourth-order valence-corrected chi connectivity index (χ4v) is 2.16. The molecule has 0 spiro atoms. The second-order valence-electron chi connectivity index (χ2n) is 4.70. The third kappa shape index (κ3) is 3.47. The molecule has 3 N–H and O–H groups in total. The Morgan fingerprint density at radius 2 is 2.08 bits per heavy atom. The number of nitrogens with one attached hydrogen (secondary N) is 1. The van der Waals surface area contributed by atoms with Crippen LogP contribution in [0.1, 0.15) is 0 Å². The lowest BCUT2D eigenvalue weighted by molar-refractivity contribution is 0.417. The van der Waals surface area contributed by atoms with Crippen molar-refractivity contribution in [2.24, 2.45) is 0 Å². The van der Waals surface area contributed by atoms with Crippen molar-refractivity contribution in [2.45, 2.75) is 0 Å². The van der Waals surface area contributed by atoms with Gasteiger partial charge in [-0.25, -0.2) is 4.98 Å². The van der Waals surface area contributed by atoms with Crippen molar-refractivity contribution < 1.29 is 9.47 Å². The summed E-state index contributed by atoms with van der Waals surface area (Å²) >= 11 is 6.03. The van der Waals surface area contributed by atoms with Gasteiger partial charge in [-0.2, -0.15) is 4.98 Å². The van der Waals surface area contributed by atoms with Crippen molar-refractivity contribution in [3.63, 3.8) is 0 Å². The standard InChI is InChI=1S/C16H14ClN5O2/c1-23-13-5-4-10(17)7-12(13)22-15-14(18)16(21-9-20-15)24-11-3-2-6-19-8-11/h2-9H,18H2,1H3,(H,20,21,22). The maximum atomic E-state index is 6.10. The van der Waals surface area contributed by atoms with Gasteiger partial charge in [0.15, 0.2) is 5.82 Å². The summed E-state index contributed by atoms with van der Waals surface area (Å²) in [4.78, 5) is 12.2. The Kier molecular flexibility index (Phi) is 4.62. The summed E-state index contributed by atoms with van der Waals surface area (Å²) in [5.74, 6) is 1.73. The maximum Gasteiger partial charge on any atom is 0.248 e. The lowest BCUT2D eigenvalue weighted by Gasteiger charge is -2.14. The molecule has 24 heavy (non-hydrogen) atoms. The monoisotopic (exact) mass is 343 g/mol. The number of pyridine rings is 1. The predicted octanol–water partition coefficient (Wildman–Crippen LogP) is 3.65. The first-order valence-corrected chi connectivity index (χ1v) is 7.34. The van der Waals surface area contributed by atoms with Gasteiger partial charge in [0.25, 0.3) is 0 Å². The zero-order valence-corrected chi connectivity index (χ0v) is 13.5. The van der Waals surface area contributed by atoms with Gasteiger partial charge in [-0.3, -0.25) is 4.98 Å². The molecule has 0 atom stereocenters. The first-order chi connectivity index (χ1) is 11.7. The Hall–Kier alpha value is -3.06. The third-order valence-electron chi connectivity index (χ3n) is 3.11. The van der Waals surface area contributed by atoms with Gasteiger partial charge in [-0.05, 0) is 30.3 Å². The van der Waals surface area contributed by atoms with Gasteiger partial charge in [-0.1, -0.05) is 11.6 Å². The molecule has 8 heteroatoms. The van der Waals surface area contributed by atoms with Crippen LogP contribution in [0, 0.1) is 0 Å². The van der Waals surface area contributed by atoms with Crippen LogP contribution >= 0.6 is 11.6 Å². The molecule has 2 heterocycles. The van der Waals surface area contributed by atoms with Crippen LogP contribution in [-0.4, -0.2) is 22.1 Å². The van der Waals surface area contributed by atoms with Gasteiger partial charge < -0.3 is 20.5 Å². The molecule has 0 aliphatic heterocycles. The number of hydrogen-bond donors (Lipinski definition) is 2. The van der Waals surface area contributed by atoms with Gasteiger partial charge in [0.2, 0.25) is 5.88 Å². The number of benzene rings is 1. The number of rotatable bonds is 5. The smallest absolute Gasteiger partial charge is 0.248 e. The fourth-order valence-electron chi connectivity index (χ4n) is 1.98. The lowest BCUT2D eigenvalue weighted by atomic mass is 10.3. The first kappa shape index (κ1) is 15.8. The Balaban J connectivity index is 1.90. The molecule has 1 aromatic carbocycles. The fraction of sp³-hybridized carbons (Fsp3) is 0.0625. The summed E-state index contributed by atoms with van der Waals surface area (Å²) in [5, 5.41) is 3.63. The van der Waals surface area contributed by atoms with E-state index >= 15 is 0 Å². The quantitative estimate of drug-likeness (QED) is 0.730. The molecule has 3 aromatic rings. The van der Waals surface area contributed by atoms with E-state index in [0.29, 0.717) is 28.0 Å². The van der Waals surface area contributed by atoms with Crippen LogP contribution in [0.3, 0.4) is 0 Å². The van der Waals surface area contributed by atoms with Crippen LogP contribution < -0.4 is 20.5 Å². The van der Waals surface area contributed by atoms with Crippen molar-refractivity contribution >= 4 is 28.8 Å². The van der Waals surface area contributed by atoms with E-state index in [2.05, 4.69) is 20.3 Å². The highest BCUT2D eigenvalue weighted by Crippen LogP contribution is 2.34. The molecule has 0 amide bonds. The molecule has 7 nitrogen and oxygen atoms in total. The number of nitrogens with zero attached hydrogens (tertiary/aromatic N) is 3. The third-order valence-corrected chi connectivity index (χ3v) is 3.35. The highest BCUT2D eigenvalue weighted by atomic mass is 35.5. The van der Waals surface area contributed by atoms with Crippen molar-refractivity contribution in [3.05, 3.63) is 54.1 Å². The number of nitrogens with two attached hydrogens (primary N) is 1. The van der Waals surface area contributed by atoms with Crippen molar-refractivity contribution in [2.75, 3.05) is 18.2 Å². The Labute approximate surface area is 143 Å². The van der Waals surface area contributed by atoms with Crippen LogP contribution in [-0.2, 0) is 0 Å². The zero-order chi connectivity index (χ0) is 16.9. The number of anilines is 3. The van der Waals surface area contributed by atoms with Crippen molar-refractivity contribution in [1.82, 2.24) is 15.0 Å².